The average Bonchev–Trinajstić information content (AvgIpc) is 3.56. The van der Waals surface area contributed by atoms with E-state index in [0.717, 1.165) is 30.4 Å². The number of nitrogens with zero attached hydrogens (tertiary/aromatic N) is 2. The summed E-state index contributed by atoms with van der Waals surface area (Å²) in [6.07, 6.45) is 7.93. The number of aromatic nitrogens is 1. The number of anilines is 1. The first-order valence-electron chi connectivity index (χ1n) is 14.3. The van der Waals surface area contributed by atoms with Gasteiger partial charge in [-0.2, -0.15) is 0 Å². The second-order valence-corrected chi connectivity index (χ2v) is 13.1. The number of carbonyl (C=O) groups is 1. The SMILES string of the molecule is CCOc1ccccc1S(=O)(=O)Nc1ccc2c(c1)c([C@@H]1CCN(C(=O)C(C)C3CCCC3)C[C@@H]1C)cn2C. The third-order valence-electron chi connectivity index (χ3n) is 8.82. The molecule has 1 aliphatic carbocycles. The van der Waals surface area contributed by atoms with Crippen LogP contribution in [0.5, 0.6) is 5.75 Å². The normalized spacial score (nSPS) is 21.3. The summed E-state index contributed by atoms with van der Waals surface area (Å²) in [5.41, 5.74) is 2.79. The summed E-state index contributed by atoms with van der Waals surface area (Å²) >= 11 is 0. The molecule has 2 aliphatic rings. The molecule has 39 heavy (non-hydrogen) atoms. The first-order valence-corrected chi connectivity index (χ1v) is 15.8. The van der Waals surface area contributed by atoms with E-state index in [1.54, 1.807) is 24.3 Å². The number of rotatable bonds is 8. The molecule has 210 valence electrons. The molecule has 0 spiro atoms. The van der Waals surface area contributed by atoms with Crippen LogP contribution in [0.25, 0.3) is 10.9 Å². The van der Waals surface area contributed by atoms with Gasteiger partial charge in [0.15, 0.2) is 0 Å². The van der Waals surface area contributed by atoms with Crippen LogP contribution in [0.15, 0.2) is 53.6 Å². The number of carbonyl (C=O) groups excluding carboxylic acids is 1. The fraction of sp³-hybridized carbons (Fsp3) is 0.516. The van der Waals surface area contributed by atoms with E-state index < -0.39 is 10.0 Å². The van der Waals surface area contributed by atoms with Gasteiger partial charge in [0.25, 0.3) is 10.0 Å². The fourth-order valence-electron chi connectivity index (χ4n) is 6.69. The Labute approximate surface area is 232 Å². The van der Waals surface area contributed by atoms with E-state index in [2.05, 4.69) is 34.2 Å². The topological polar surface area (TPSA) is 80.6 Å². The van der Waals surface area contributed by atoms with Gasteiger partial charge in [0.1, 0.15) is 10.6 Å². The maximum absolute atomic E-state index is 13.3. The summed E-state index contributed by atoms with van der Waals surface area (Å²) < 4.78 is 37.0. The number of piperidine rings is 1. The van der Waals surface area contributed by atoms with Crippen molar-refractivity contribution in [2.24, 2.45) is 24.8 Å². The Kier molecular flexibility index (Phi) is 7.94. The number of hydrogen-bond donors (Lipinski definition) is 1. The average molecular weight is 552 g/mol. The molecule has 1 amide bonds. The number of benzene rings is 2. The molecule has 0 radical (unpaired) electrons. The van der Waals surface area contributed by atoms with E-state index in [1.807, 2.05) is 32.2 Å². The predicted molar refractivity (Wildman–Crippen MR) is 156 cm³/mol. The second-order valence-electron chi connectivity index (χ2n) is 11.4. The molecule has 3 atom stereocenters. The Morgan fingerprint density at radius 2 is 1.87 bits per heavy atom. The van der Waals surface area contributed by atoms with Gasteiger partial charge in [-0.05, 0) is 79.8 Å². The van der Waals surface area contributed by atoms with E-state index in [1.165, 1.54) is 31.2 Å². The molecular weight excluding hydrogens is 510 g/mol. The summed E-state index contributed by atoms with van der Waals surface area (Å²) in [5.74, 6) is 1.90. The van der Waals surface area contributed by atoms with Gasteiger partial charge in [-0.1, -0.05) is 38.8 Å². The summed E-state index contributed by atoms with van der Waals surface area (Å²) in [5, 5.41) is 1.05. The molecule has 3 aromatic rings. The van der Waals surface area contributed by atoms with Crippen molar-refractivity contribution < 1.29 is 17.9 Å². The highest BCUT2D eigenvalue weighted by atomic mass is 32.2. The number of hydrogen-bond acceptors (Lipinski definition) is 4. The Morgan fingerprint density at radius 3 is 2.59 bits per heavy atom. The van der Waals surface area contributed by atoms with Crippen LogP contribution in [0.1, 0.15) is 64.4 Å². The number of nitrogens with one attached hydrogen (secondary N) is 1. The van der Waals surface area contributed by atoms with Crippen molar-refractivity contribution >= 4 is 32.5 Å². The van der Waals surface area contributed by atoms with Gasteiger partial charge in [-0.25, -0.2) is 8.42 Å². The van der Waals surface area contributed by atoms with Crippen LogP contribution >= 0.6 is 0 Å². The lowest BCUT2D eigenvalue weighted by molar-refractivity contribution is -0.138. The number of amides is 1. The first kappa shape index (κ1) is 27.6. The van der Waals surface area contributed by atoms with Crippen LogP contribution in [-0.4, -0.2) is 43.5 Å². The highest BCUT2D eigenvalue weighted by molar-refractivity contribution is 7.92. The number of likely N-dealkylation sites (tertiary alicyclic amines) is 1. The van der Waals surface area contributed by atoms with E-state index >= 15 is 0 Å². The highest BCUT2D eigenvalue weighted by Gasteiger charge is 2.35. The standard InChI is InChI=1S/C31H41N3O4S/c1-5-38-29-12-8-9-13-30(29)39(36,37)32-24-14-15-28-26(18-24)27(20-33(28)4)25-16-17-34(19-21(25)2)31(35)22(3)23-10-6-7-11-23/h8-9,12-15,18,20-23,25,32H,5-7,10-11,16-17,19H2,1-4H3/t21-,22?,25+/m0/s1. The number of fused-ring (bicyclic) bond motifs is 1. The Bertz CT molecular complexity index is 1440. The van der Waals surface area contributed by atoms with Crippen molar-refractivity contribution in [3.8, 4) is 5.75 Å². The Balaban J connectivity index is 1.37. The number of ether oxygens (including phenoxy) is 1. The smallest absolute Gasteiger partial charge is 0.265 e. The fourth-order valence-corrected chi connectivity index (χ4v) is 7.89. The van der Waals surface area contributed by atoms with Crippen molar-refractivity contribution in [3.05, 3.63) is 54.2 Å². The number of sulfonamides is 1. The zero-order chi connectivity index (χ0) is 27.7. The van der Waals surface area contributed by atoms with Crippen molar-refractivity contribution in [2.75, 3.05) is 24.4 Å². The van der Waals surface area contributed by atoms with Crippen molar-refractivity contribution in [3.63, 3.8) is 0 Å². The van der Waals surface area contributed by atoms with Crippen LogP contribution in [0.4, 0.5) is 5.69 Å². The minimum Gasteiger partial charge on any atom is -0.492 e. The minimum absolute atomic E-state index is 0.109. The van der Waals surface area contributed by atoms with E-state index in [9.17, 15) is 13.2 Å². The summed E-state index contributed by atoms with van der Waals surface area (Å²) in [6.45, 7) is 8.10. The van der Waals surface area contributed by atoms with E-state index in [0.29, 0.717) is 41.7 Å². The zero-order valence-corrected chi connectivity index (χ0v) is 24.3. The van der Waals surface area contributed by atoms with Crippen LogP contribution in [-0.2, 0) is 21.9 Å². The first-order chi connectivity index (χ1) is 18.7. The van der Waals surface area contributed by atoms with Gasteiger partial charge in [-0.15, -0.1) is 0 Å². The molecule has 1 saturated heterocycles. The summed E-state index contributed by atoms with van der Waals surface area (Å²) in [7, 11) is -1.81. The minimum atomic E-state index is -3.83. The molecule has 8 heteroatoms. The van der Waals surface area contributed by atoms with Crippen molar-refractivity contribution in [1.29, 1.82) is 0 Å². The number of aryl methyl sites for hydroxylation is 1. The molecular formula is C31H41N3O4S. The van der Waals surface area contributed by atoms with Crippen molar-refractivity contribution in [2.45, 2.75) is 63.7 Å². The molecule has 1 saturated carbocycles. The molecule has 1 aromatic heterocycles. The highest BCUT2D eigenvalue weighted by Crippen LogP contribution is 2.40. The molecule has 1 N–H and O–H groups in total. The predicted octanol–water partition coefficient (Wildman–Crippen LogP) is 6.16. The van der Waals surface area contributed by atoms with Crippen LogP contribution in [0.3, 0.4) is 0 Å². The van der Waals surface area contributed by atoms with Gasteiger partial charge in [0.2, 0.25) is 5.91 Å². The van der Waals surface area contributed by atoms with Crippen molar-refractivity contribution in [1.82, 2.24) is 9.47 Å². The van der Waals surface area contributed by atoms with Gasteiger partial charge < -0.3 is 14.2 Å². The third-order valence-corrected chi connectivity index (χ3v) is 10.2. The van der Waals surface area contributed by atoms with Crippen LogP contribution in [0.2, 0.25) is 0 Å². The molecule has 2 heterocycles. The molecule has 1 aliphatic heterocycles. The van der Waals surface area contributed by atoms with Gasteiger partial charge in [-0.3, -0.25) is 9.52 Å². The van der Waals surface area contributed by atoms with Crippen LogP contribution in [0, 0.1) is 17.8 Å². The molecule has 2 aromatic carbocycles. The second kappa shape index (κ2) is 11.2. The van der Waals surface area contributed by atoms with Gasteiger partial charge >= 0.3 is 0 Å². The Hall–Kier alpha value is -3.00. The van der Waals surface area contributed by atoms with Gasteiger partial charge in [0.05, 0.1) is 6.61 Å². The molecule has 5 rings (SSSR count). The molecule has 7 nitrogen and oxygen atoms in total. The lowest BCUT2D eigenvalue weighted by atomic mass is 9.80. The molecule has 2 fully saturated rings. The summed E-state index contributed by atoms with van der Waals surface area (Å²) in [4.78, 5) is 15.5. The Morgan fingerprint density at radius 1 is 1.13 bits per heavy atom. The lowest BCUT2D eigenvalue weighted by Gasteiger charge is -2.39. The van der Waals surface area contributed by atoms with Crippen LogP contribution < -0.4 is 9.46 Å². The maximum atomic E-state index is 13.3. The molecule has 1 unspecified atom stereocenters. The zero-order valence-electron chi connectivity index (χ0n) is 23.5. The monoisotopic (exact) mass is 551 g/mol. The number of para-hydroxylation sites is 1. The summed E-state index contributed by atoms with van der Waals surface area (Å²) in [6, 6.07) is 12.4. The largest absolute Gasteiger partial charge is 0.492 e. The molecule has 0 bridgehead atoms. The lowest BCUT2D eigenvalue weighted by Crippen LogP contribution is -2.45. The van der Waals surface area contributed by atoms with Gasteiger partial charge in [0, 0.05) is 48.8 Å². The third kappa shape index (κ3) is 5.53. The maximum Gasteiger partial charge on any atom is 0.265 e. The van der Waals surface area contributed by atoms with E-state index in [-0.39, 0.29) is 10.8 Å². The van der Waals surface area contributed by atoms with E-state index in [4.69, 9.17) is 4.74 Å². The quantitative estimate of drug-likeness (QED) is 0.364.